The van der Waals surface area contributed by atoms with Gasteiger partial charge in [-0.3, -0.25) is 4.79 Å². The van der Waals surface area contributed by atoms with Crippen LogP contribution in [-0.2, 0) is 18.3 Å². The number of carbonyl (C=O) groups excluding carboxylic acids is 1. The summed E-state index contributed by atoms with van der Waals surface area (Å²) in [5, 5.41) is 2.22. The van der Waals surface area contributed by atoms with Crippen molar-refractivity contribution in [2.24, 2.45) is 12.0 Å². The van der Waals surface area contributed by atoms with Gasteiger partial charge in [-0.15, -0.1) is 0 Å². The Morgan fingerprint density at radius 1 is 1.07 bits per heavy atom. The van der Waals surface area contributed by atoms with E-state index in [0.717, 1.165) is 38.1 Å². The van der Waals surface area contributed by atoms with E-state index in [4.69, 9.17) is 9.47 Å². The topological polar surface area (TPSA) is 52.8 Å². The molecule has 0 aliphatic carbocycles. The molecule has 1 aliphatic rings. The van der Waals surface area contributed by atoms with Crippen LogP contribution in [0.5, 0.6) is 11.5 Å². The van der Waals surface area contributed by atoms with Gasteiger partial charge in [-0.25, -0.2) is 0 Å². The number of aryl methyl sites for hydroxylation is 1. The summed E-state index contributed by atoms with van der Waals surface area (Å²) in [6, 6.07) is 18.0. The zero-order chi connectivity index (χ0) is 19.1. The number of thiazole rings is 1. The number of rotatable bonds is 2. The molecule has 0 bridgehead atoms. The maximum Gasteiger partial charge on any atom is 0.252 e. The molecular formula is C22H18N2O3S. The number of fused-ring (bicyclic) bond motifs is 3. The minimum absolute atomic E-state index is 0.157. The van der Waals surface area contributed by atoms with Crippen LogP contribution >= 0.6 is 11.3 Å². The molecule has 5 rings (SSSR count). The third-order valence-electron chi connectivity index (χ3n) is 4.92. The van der Waals surface area contributed by atoms with Gasteiger partial charge in [-0.05, 0) is 16.3 Å². The average Bonchev–Trinajstić information content (AvgIpc) is 3.01. The highest BCUT2D eigenvalue weighted by Gasteiger charge is 2.15. The van der Waals surface area contributed by atoms with Crippen molar-refractivity contribution in [2.75, 3.05) is 13.2 Å². The van der Waals surface area contributed by atoms with Gasteiger partial charge in [-0.2, -0.15) is 4.99 Å². The van der Waals surface area contributed by atoms with Gasteiger partial charge in [0.25, 0.3) is 5.91 Å². The van der Waals surface area contributed by atoms with E-state index in [9.17, 15) is 4.79 Å². The standard InChI is InChI=1S/C22H18N2O3S/c1-24-17-12-18-19(27-10-9-26-18)13-20(17)28-22(24)23-21(25)11-15-7-4-6-14-5-2-3-8-16(14)15/h2-8,12-13H,9-11H2,1H3. The summed E-state index contributed by atoms with van der Waals surface area (Å²) in [4.78, 5) is 17.7. The highest BCUT2D eigenvalue weighted by molar-refractivity contribution is 7.16. The van der Waals surface area contributed by atoms with Gasteiger partial charge in [-0.1, -0.05) is 53.8 Å². The van der Waals surface area contributed by atoms with E-state index in [2.05, 4.69) is 17.1 Å². The number of benzene rings is 3. The third-order valence-corrected chi connectivity index (χ3v) is 6.01. The van der Waals surface area contributed by atoms with Crippen molar-refractivity contribution in [1.29, 1.82) is 0 Å². The van der Waals surface area contributed by atoms with Crippen LogP contribution in [0.15, 0.2) is 59.6 Å². The lowest BCUT2D eigenvalue weighted by atomic mass is 10.0. The number of hydrogen-bond donors (Lipinski definition) is 0. The van der Waals surface area contributed by atoms with E-state index >= 15 is 0 Å². The molecule has 0 saturated carbocycles. The number of ether oxygens (including phenoxy) is 2. The highest BCUT2D eigenvalue weighted by Crippen LogP contribution is 2.35. The molecule has 1 amide bonds. The molecule has 0 saturated heterocycles. The Labute approximate surface area is 165 Å². The predicted octanol–water partition coefficient (Wildman–Crippen LogP) is 3.83. The normalized spacial score (nSPS) is 14.0. The second-order valence-electron chi connectivity index (χ2n) is 6.73. The van der Waals surface area contributed by atoms with Gasteiger partial charge < -0.3 is 14.0 Å². The van der Waals surface area contributed by atoms with Crippen molar-refractivity contribution in [2.45, 2.75) is 6.42 Å². The van der Waals surface area contributed by atoms with Crippen LogP contribution in [0.25, 0.3) is 21.0 Å². The van der Waals surface area contributed by atoms with Crippen LogP contribution in [0.1, 0.15) is 5.56 Å². The van der Waals surface area contributed by atoms with Crippen LogP contribution in [0.2, 0.25) is 0 Å². The number of amides is 1. The minimum atomic E-state index is -0.157. The molecule has 1 aliphatic heterocycles. The Kier molecular flexibility index (Phi) is 4.13. The third kappa shape index (κ3) is 2.96. The van der Waals surface area contributed by atoms with E-state index in [1.54, 1.807) is 0 Å². The first-order chi connectivity index (χ1) is 13.7. The second-order valence-corrected chi connectivity index (χ2v) is 7.74. The largest absolute Gasteiger partial charge is 0.486 e. The molecule has 5 nitrogen and oxygen atoms in total. The number of carbonyl (C=O) groups is 1. The van der Waals surface area contributed by atoms with Gasteiger partial charge in [0.05, 0.1) is 16.6 Å². The first-order valence-corrected chi connectivity index (χ1v) is 9.94. The minimum Gasteiger partial charge on any atom is -0.486 e. The Hall–Kier alpha value is -3.12. The summed E-state index contributed by atoms with van der Waals surface area (Å²) < 4.78 is 14.3. The molecule has 0 radical (unpaired) electrons. The number of hydrogen-bond acceptors (Lipinski definition) is 4. The quantitative estimate of drug-likeness (QED) is 0.523. The van der Waals surface area contributed by atoms with Crippen molar-refractivity contribution in [1.82, 2.24) is 4.57 Å². The monoisotopic (exact) mass is 390 g/mol. The van der Waals surface area contributed by atoms with Gasteiger partial charge in [0.1, 0.15) is 13.2 Å². The Balaban J connectivity index is 1.52. The maximum absolute atomic E-state index is 12.7. The molecule has 1 aromatic heterocycles. The van der Waals surface area contributed by atoms with Gasteiger partial charge in [0, 0.05) is 19.2 Å². The van der Waals surface area contributed by atoms with Crippen molar-refractivity contribution < 1.29 is 14.3 Å². The van der Waals surface area contributed by atoms with E-state index in [1.807, 2.05) is 54.1 Å². The lowest BCUT2D eigenvalue weighted by Gasteiger charge is -2.18. The van der Waals surface area contributed by atoms with Gasteiger partial charge >= 0.3 is 0 Å². The van der Waals surface area contributed by atoms with E-state index in [0.29, 0.717) is 18.0 Å². The Morgan fingerprint density at radius 3 is 2.68 bits per heavy atom. The molecule has 0 fully saturated rings. The highest BCUT2D eigenvalue weighted by atomic mass is 32.1. The Bertz CT molecular complexity index is 1280. The fourth-order valence-electron chi connectivity index (χ4n) is 3.53. The maximum atomic E-state index is 12.7. The fraction of sp³-hybridized carbons (Fsp3) is 0.182. The molecule has 2 heterocycles. The van der Waals surface area contributed by atoms with E-state index in [-0.39, 0.29) is 12.3 Å². The summed E-state index contributed by atoms with van der Waals surface area (Å²) in [7, 11) is 1.92. The van der Waals surface area contributed by atoms with Crippen LogP contribution in [0.3, 0.4) is 0 Å². The predicted molar refractivity (Wildman–Crippen MR) is 110 cm³/mol. The lowest BCUT2D eigenvalue weighted by molar-refractivity contribution is -0.117. The molecule has 28 heavy (non-hydrogen) atoms. The first kappa shape index (κ1) is 17.0. The Morgan fingerprint density at radius 2 is 1.82 bits per heavy atom. The van der Waals surface area contributed by atoms with E-state index in [1.165, 1.54) is 11.3 Å². The molecule has 3 aromatic carbocycles. The molecule has 0 N–H and O–H groups in total. The summed E-state index contributed by atoms with van der Waals surface area (Å²) in [6.07, 6.45) is 0.276. The van der Waals surface area contributed by atoms with Gasteiger partial charge in [0.15, 0.2) is 16.3 Å². The smallest absolute Gasteiger partial charge is 0.252 e. The molecule has 4 aromatic rings. The molecule has 0 atom stereocenters. The summed E-state index contributed by atoms with van der Waals surface area (Å²) in [5.74, 6) is 1.32. The van der Waals surface area contributed by atoms with Crippen molar-refractivity contribution in [3.63, 3.8) is 0 Å². The molecule has 0 spiro atoms. The summed E-state index contributed by atoms with van der Waals surface area (Å²) >= 11 is 1.48. The molecule has 6 heteroatoms. The SMILES string of the molecule is Cn1c(=NC(=O)Cc2cccc3ccccc23)sc2cc3c(cc21)OCCO3. The fourth-order valence-corrected chi connectivity index (χ4v) is 4.57. The van der Waals surface area contributed by atoms with Crippen molar-refractivity contribution >= 4 is 38.2 Å². The van der Waals surface area contributed by atoms with Crippen LogP contribution in [0.4, 0.5) is 0 Å². The zero-order valence-corrected chi connectivity index (χ0v) is 16.2. The second kappa shape index (κ2) is 6.80. The zero-order valence-electron chi connectivity index (χ0n) is 15.3. The molecule has 0 unspecified atom stereocenters. The number of aromatic nitrogens is 1. The molecule has 140 valence electrons. The lowest BCUT2D eigenvalue weighted by Crippen LogP contribution is -2.16. The molecular weight excluding hydrogens is 372 g/mol. The average molecular weight is 390 g/mol. The van der Waals surface area contributed by atoms with Crippen LogP contribution < -0.4 is 14.3 Å². The first-order valence-electron chi connectivity index (χ1n) is 9.12. The van der Waals surface area contributed by atoms with Gasteiger partial charge in [0.2, 0.25) is 0 Å². The summed E-state index contributed by atoms with van der Waals surface area (Å²) in [6.45, 7) is 1.10. The van der Waals surface area contributed by atoms with Crippen LogP contribution in [-0.4, -0.2) is 23.7 Å². The number of nitrogens with zero attached hydrogens (tertiary/aromatic N) is 2. The van der Waals surface area contributed by atoms with Crippen molar-refractivity contribution in [3.05, 3.63) is 65.0 Å². The van der Waals surface area contributed by atoms with Crippen molar-refractivity contribution in [3.8, 4) is 11.5 Å². The summed E-state index contributed by atoms with van der Waals surface area (Å²) in [5.41, 5.74) is 1.97. The van der Waals surface area contributed by atoms with E-state index < -0.39 is 0 Å². The van der Waals surface area contributed by atoms with Crippen LogP contribution in [0, 0.1) is 0 Å².